The number of fused-ring (bicyclic) bond motifs is 3. The van der Waals surface area contributed by atoms with Crippen LogP contribution in [0.1, 0.15) is 120 Å². The van der Waals surface area contributed by atoms with Gasteiger partial charge in [-0.15, -0.1) is 6.58 Å². The van der Waals surface area contributed by atoms with Gasteiger partial charge in [0.2, 0.25) is 0 Å². The molecule has 32 heavy (non-hydrogen) atoms. The summed E-state index contributed by atoms with van der Waals surface area (Å²) in [5, 5.41) is 0. The Hall–Kier alpha value is -1.82. The van der Waals surface area contributed by atoms with Crippen LogP contribution in [0.2, 0.25) is 0 Å². The van der Waals surface area contributed by atoms with Crippen molar-refractivity contribution in [1.29, 1.82) is 0 Å². The van der Waals surface area contributed by atoms with Crippen molar-refractivity contribution >= 4 is 0 Å². The molecule has 0 saturated carbocycles. The normalized spacial score (nSPS) is 13.7. The predicted octanol–water partition coefficient (Wildman–Crippen LogP) is 10.2. The third kappa shape index (κ3) is 5.94. The van der Waals surface area contributed by atoms with Crippen molar-refractivity contribution in [3.05, 3.63) is 71.8 Å². The molecule has 0 nitrogen and oxygen atoms in total. The number of rotatable bonds is 16. The number of hydrogen-bond acceptors (Lipinski definition) is 0. The standard InChI is InChI=1S/C32H46/c1-4-7-9-11-13-17-24-32(25-18-14-12-10-8-5-2)30-21-16-15-20-28(30)29-23-22-27(19-6-3)26-31(29)32/h6,15-16,20-23,26H,3-5,7-14,17-19,24-25H2,1-2H3. The zero-order valence-corrected chi connectivity index (χ0v) is 20.9. The molecule has 174 valence electrons. The zero-order chi connectivity index (χ0) is 22.7. The minimum atomic E-state index is 0.207. The smallest absolute Gasteiger partial charge is 0.0215 e. The molecule has 0 heterocycles. The highest BCUT2D eigenvalue weighted by Crippen LogP contribution is 2.54. The van der Waals surface area contributed by atoms with Crippen molar-refractivity contribution in [2.45, 2.75) is 116 Å². The summed E-state index contributed by atoms with van der Waals surface area (Å²) in [6.45, 7) is 8.61. The summed E-state index contributed by atoms with van der Waals surface area (Å²) >= 11 is 0. The average molecular weight is 431 g/mol. The van der Waals surface area contributed by atoms with E-state index in [4.69, 9.17) is 0 Å². The first-order chi connectivity index (χ1) is 15.8. The Labute approximate surface area is 198 Å². The van der Waals surface area contributed by atoms with Gasteiger partial charge in [0.15, 0.2) is 0 Å². The molecule has 0 bridgehead atoms. The summed E-state index contributed by atoms with van der Waals surface area (Å²) in [4.78, 5) is 0. The fourth-order valence-corrected chi connectivity index (χ4v) is 5.87. The lowest BCUT2D eigenvalue weighted by Crippen LogP contribution is -2.25. The Kier molecular flexibility index (Phi) is 10.1. The maximum Gasteiger partial charge on any atom is 0.0215 e. The Balaban J connectivity index is 1.85. The van der Waals surface area contributed by atoms with Crippen molar-refractivity contribution in [2.75, 3.05) is 0 Å². The molecule has 1 aliphatic rings. The van der Waals surface area contributed by atoms with Crippen LogP contribution in [0.3, 0.4) is 0 Å². The number of benzene rings is 2. The third-order valence-electron chi connectivity index (χ3n) is 7.63. The number of unbranched alkanes of at least 4 members (excludes halogenated alkanes) is 10. The Morgan fingerprint density at radius 2 is 1.22 bits per heavy atom. The molecule has 0 heteroatoms. The molecule has 0 radical (unpaired) electrons. The van der Waals surface area contributed by atoms with Crippen molar-refractivity contribution in [1.82, 2.24) is 0 Å². The molecule has 0 fully saturated rings. The second-order valence-corrected chi connectivity index (χ2v) is 10.0. The molecule has 0 amide bonds. The SMILES string of the molecule is C=CCc1ccc2c(c1)C(CCCCCCCC)(CCCCCCCC)c1ccccc1-2. The van der Waals surface area contributed by atoms with Crippen LogP contribution in [0.5, 0.6) is 0 Å². The van der Waals surface area contributed by atoms with Crippen molar-refractivity contribution in [3.8, 4) is 11.1 Å². The first kappa shape index (κ1) is 24.8. The van der Waals surface area contributed by atoms with Crippen molar-refractivity contribution in [3.63, 3.8) is 0 Å². The van der Waals surface area contributed by atoms with E-state index in [1.54, 1.807) is 11.1 Å². The lowest BCUT2D eigenvalue weighted by atomic mass is 9.70. The van der Waals surface area contributed by atoms with Crippen LogP contribution in [-0.2, 0) is 11.8 Å². The van der Waals surface area contributed by atoms with Crippen molar-refractivity contribution in [2.24, 2.45) is 0 Å². The summed E-state index contributed by atoms with van der Waals surface area (Å²) in [7, 11) is 0. The molecule has 0 unspecified atom stereocenters. The van der Waals surface area contributed by atoms with Crippen LogP contribution in [0.4, 0.5) is 0 Å². The van der Waals surface area contributed by atoms with Crippen LogP contribution in [0.15, 0.2) is 55.1 Å². The van der Waals surface area contributed by atoms with Gasteiger partial charge in [-0.2, -0.15) is 0 Å². The lowest BCUT2D eigenvalue weighted by molar-refractivity contribution is 0.397. The quantitative estimate of drug-likeness (QED) is 0.183. The van der Waals surface area contributed by atoms with E-state index < -0.39 is 0 Å². The van der Waals surface area contributed by atoms with E-state index in [0.29, 0.717) is 0 Å². The maximum atomic E-state index is 4.00. The third-order valence-corrected chi connectivity index (χ3v) is 7.63. The van der Waals surface area contributed by atoms with Crippen LogP contribution >= 0.6 is 0 Å². The molecule has 0 aliphatic heterocycles. The topological polar surface area (TPSA) is 0 Å². The van der Waals surface area contributed by atoms with E-state index in [2.05, 4.69) is 62.9 Å². The molecule has 0 aromatic heterocycles. The minimum absolute atomic E-state index is 0.207. The molecule has 0 saturated heterocycles. The first-order valence-corrected chi connectivity index (χ1v) is 13.6. The van der Waals surface area contributed by atoms with E-state index in [9.17, 15) is 0 Å². The van der Waals surface area contributed by atoms with Crippen LogP contribution in [0, 0.1) is 0 Å². The van der Waals surface area contributed by atoms with Gasteiger partial charge in [-0.1, -0.05) is 139 Å². The predicted molar refractivity (Wildman–Crippen MR) is 143 cm³/mol. The minimum Gasteiger partial charge on any atom is -0.103 e. The molecule has 2 aromatic carbocycles. The molecule has 1 aliphatic carbocycles. The summed E-state index contributed by atoms with van der Waals surface area (Å²) < 4.78 is 0. The van der Waals surface area contributed by atoms with Gasteiger partial charge >= 0.3 is 0 Å². The summed E-state index contributed by atoms with van der Waals surface area (Å²) in [5.74, 6) is 0. The van der Waals surface area contributed by atoms with Gasteiger partial charge in [-0.25, -0.2) is 0 Å². The first-order valence-electron chi connectivity index (χ1n) is 13.6. The van der Waals surface area contributed by atoms with E-state index in [1.807, 2.05) is 6.08 Å². The second kappa shape index (κ2) is 13.0. The van der Waals surface area contributed by atoms with E-state index in [0.717, 1.165) is 6.42 Å². The molecule has 0 spiro atoms. The lowest BCUT2D eigenvalue weighted by Gasteiger charge is -2.33. The van der Waals surface area contributed by atoms with Gasteiger partial charge in [0.05, 0.1) is 0 Å². The summed E-state index contributed by atoms with van der Waals surface area (Å²) in [6, 6.07) is 16.6. The zero-order valence-electron chi connectivity index (χ0n) is 20.9. The Bertz CT molecular complexity index is 812. The van der Waals surface area contributed by atoms with Gasteiger partial charge in [0.25, 0.3) is 0 Å². The van der Waals surface area contributed by atoms with Gasteiger partial charge in [0, 0.05) is 5.41 Å². The Morgan fingerprint density at radius 1 is 0.656 bits per heavy atom. The number of hydrogen-bond donors (Lipinski definition) is 0. The van der Waals surface area contributed by atoms with Gasteiger partial charge in [-0.3, -0.25) is 0 Å². The maximum absolute atomic E-state index is 4.00. The summed E-state index contributed by atoms with van der Waals surface area (Å²) in [5.41, 5.74) is 7.82. The van der Waals surface area contributed by atoms with E-state index in [1.165, 1.54) is 107 Å². The van der Waals surface area contributed by atoms with Crippen molar-refractivity contribution < 1.29 is 0 Å². The highest BCUT2D eigenvalue weighted by Gasteiger charge is 2.42. The highest BCUT2D eigenvalue weighted by atomic mass is 14.4. The molecular formula is C32H46. The van der Waals surface area contributed by atoms with E-state index >= 15 is 0 Å². The average Bonchev–Trinajstić information content (AvgIpc) is 3.08. The summed E-state index contributed by atoms with van der Waals surface area (Å²) in [6.07, 6.45) is 22.1. The van der Waals surface area contributed by atoms with Gasteiger partial charge in [0.1, 0.15) is 0 Å². The number of allylic oxidation sites excluding steroid dienone is 1. The Morgan fingerprint density at radius 3 is 1.84 bits per heavy atom. The molecule has 2 aromatic rings. The van der Waals surface area contributed by atoms with Crippen LogP contribution in [-0.4, -0.2) is 0 Å². The second-order valence-electron chi connectivity index (χ2n) is 10.0. The largest absolute Gasteiger partial charge is 0.103 e. The fraction of sp³-hybridized carbons (Fsp3) is 0.562. The molecule has 0 atom stereocenters. The fourth-order valence-electron chi connectivity index (χ4n) is 5.87. The van der Waals surface area contributed by atoms with Crippen LogP contribution < -0.4 is 0 Å². The van der Waals surface area contributed by atoms with Crippen LogP contribution in [0.25, 0.3) is 11.1 Å². The van der Waals surface area contributed by atoms with Gasteiger partial charge < -0.3 is 0 Å². The van der Waals surface area contributed by atoms with E-state index in [-0.39, 0.29) is 5.41 Å². The molecule has 3 rings (SSSR count). The highest BCUT2D eigenvalue weighted by molar-refractivity contribution is 5.81. The van der Waals surface area contributed by atoms with Gasteiger partial charge in [-0.05, 0) is 47.1 Å². The monoisotopic (exact) mass is 430 g/mol. The molecule has 0 N–H and O–H groups in total. The molecular weight excluding hydrogens is 384 g/mol.